The van der Waals surface area contributed by atoms with E-state index in [0.717, 1.165) is 29.8 Å². The quantitative estimate of drug-likeness (QED) is 0.675. The number of rotatable bonds is 5. The zero-order chi connectivity index (χ0) is 15.4. The van der Waals surface area contributed by atoms with Crippen molar-refractivity contribution >= 4 is 5.69 Å². The maximum Gasteiger partial charge on any atom is 0.305 e. The first kappa shape index (κ1) is 14.9. The van der Waals surface area contributed by atoms with E-state index in [2.05, 4.69) is 5.32 Å². The normalized spacial score (nSPS) is 10.4. The van der Waals surface area contributed by atoms with Crippen LogP contribution in [-0.2, 0) is 6.54 Å². The maximum absolute atomic E-state index is 13.5. The summed E-state index contributed by atoms with van der Waals surface area (Å²) in [6.45, 7) is 2.63. The molecule has 21 heavy (non-hydrogen) atoms. The van der Waals surface area contributed by atoms with Gasteiger partial charge in [-0.15, -0.1) is 0 Å². The van der Waals surface area contributed by atoms with Gasteiger partial charge in [-0.2, -0.15) is 4.39 Å². The van der Waals surface area contributed by atoms with Crippen LogP contribution in [-0.4, -0.2) is 12.0 Å². The lowest BCUT2D eigenvalue weighted by atomic mass is 10.1. The molecule has 1 N–H and O–H groups in total. The Balaban J connectivity index is 2.22. The van der Waals surface area contributed by atoms with Gasteiger partial charge in [0.15, 0.2) is 0 Å². The Bertz CT molecular complexity index is 674. The number of hydrogen-bond donors (Lipinski definition) is 1. The van der Waals surface area contributed by atoms with Crippen molar-refractivity contribution in [1.29, 1.82) is 0 Å². The van der Waals surface area contributed by atoms with Crippen molar-refractivity contribution in [2.45, 2.75) is 13.5 Å². The fraction of sp³-hybridized carbons (Fsp3) is 0.200. The molecule has 0 saturated carbocycles. The summed E-state index contributed by atoms with van der Waals surface area (Å²) < 4.78 is 19.1. The largest absolute Gasteiger partial charge is 0.457 e. The molecule has 5 nitrogen and oxygen atoms in total. The van der Waals surface area contributed by atoms with Crippen LogP contribution in [0.25, 0.3) is 0 Å². The van der Waals surface area contributed by atoms with E-state index in [0.29, 0.717) is 5.75 Å². The molecule has 0 amide bonds. The number of nitrogens with zero attached hydrogens (tertiary/aromatic N) is 1. The molecule has 2 rings (SSSR count). The Labute approximate surface area is 121 Å². The third kappa shape index (κ3) is 3.55. The van der Waals surface area contributed by atoms with Crippen molar-refractivity contribution in [1.82, 2.24) is 5.32 Å². The van der Waals surface area contributed by atoms with Crippen molar-refractivity contribution in [3.8, 4) is 11.5 Å². The van der Waals surface area contributed by atoms with Crippen LogP contribution in [0.15, 0.2) is 36.4 Å². The predicted octanol–water partition coefficient (Wildman–Crippen LogP) is 3.55. The second-order valence-electron chi connectivity index (χ2n) is 4.60. The number of aryl methyl sites for hydroxylation is 1. The van der Waals surface area contributed by atoms with Crippen LogP contribution in [0.3, 0.4) is 0 Å². The summed E-state index contributed by atoms with van der Waals surface area (Å²) in [6.07, 6.45) is 0. The lowest BCUT2D eigenvalue weighted by Crippen LogP contribution is -2.05. The molecule has 0 aliphatic carbocycles. The second kappa shape index (κ2) is 6.32. The highest BCUT2D eigenvalue weighted by atomic mass is 19.1. The van der Waals surface area contributed by atoms with Gasteiger partial charge in [0.2, 0.25) is 5.82 Å². The van der Waals surface area contributed by atoms with E-state index < -0.39 is 16.4 Å². The molecule has 0 spiro atoms. The van der Waals surface area contributed by atoms with Crippen molar-refractivity contribution in [2.75, 3.05) is 7.05 Å². The first-order valence-electron chi connectivity index (χ1n) is 6.37. The molecule has 0 aliphatic heterocycles. The van der Waals surface area contributed by atoms with Crippen LogP contribution < -0.4 is 10.1 Å². The minimum Gasteiger partial charge on any atom is -0.457 e. The zero-order valence-corrected chi connectivity index (χ0v) is 11.7. The van der Waals surface area contributed by atoms with Gasteiger partial charge in [-0.3, -0.25) is 10.1 Å². The van der Waals surface area contributed by atoms with Crippen molar-refractivity contribution in [3.05, 3.63) is 63.5 Å². The summed E-state index contributed by atoms with van der Waals surface area (Å²) in [5.74, 6) is -0.104. The van der Waals surface area contributed by atoms with Crippen molar-refractivity contribution < 1.29 is 14.1 Å². The summed E-state index contributed by atoms with van der Waals surface area (Å²) in [4.78, 5) is 9.80. The van der Waals surface area contributed by atoms with Gasteiger partial charge in [0.25, 0.3) is 0 Å². The third-order valence-electron chi connectivity index (χ3n) is 2.96. The fourth-order valence-corrected chi connectivity index (χ4v) is 1.97. The van der Waals surface area contributed by atoms with Crippen LogP contribution in [0.5, 0.6) is 11.5 Å². The standard InChI is InChI=1S/C15H15FN2O3/c1-10-7-11(9-17-2)3-6-15(10)21-12-4-5-14(18(19)20)13(16)8-12/h3-8,17H,9H2,1-2H3. The Morgan fingerprint density at radius 3 is 2.62 bits per heavy atom. The molecule has 0 bridgehead atoms. The molecule has 0 atom stereocenters. The Morgan fingerprint density at radius 2 is 2.05 bits per heavy atom. The minimum atomic E-state index is -0.915. The number of nitro groups is 1. The molecule has 2 aromatic rings. The van der Waals surface area contributed by atoms with Gasteiger partial charge in [-0.25, -0.2) is 0 Å². The number of hydrogen-bond acceptors (Lipinski definition) is 4. The molecule has 0 unspecified atom stereocenters. The van der Waals surface area contributed by atoms with E-state index in [-0.39, 0.29) is 5.75 Å². The van der Waals surface area contributed by atoms with Crippen molar-refractivity contribution in [2.24, 2.45) is 0 Å². The van der Waals surface area contributed by atoms with Crippen LogP contribution in [0.1, 0.15) is 11.1 Å². The van der Waals surface area contributed by atoms with E-state index in [1.165, 1.54) is 6.07 Å². The van der Waals surface area contributed by atoms with E-state index in [4.69, 9.17) is 4.74 Å². The monoisotopic (exact) mass is 290 g/mol. The van der Waals surface area contributed by atoms with E-state index >= 15 is 0 Å². The van der Waals surface area contributed by atoms with Gasteiger partial charge in [-0.1, -0.05) is 12.1 Å². The Kier molecular flexibility index (Phi) is 4.49. The van der Waals surface area contributed by atoms with Gasteiger partial charge in [0.05, 0.1) is 4.92 Å². The molecule has 6 heteroatoms. The summed E-state index contributed by atoms with van der Waals surface area (Å²) in [5.41, 5.74) is 1.45. The summed E-state index contributed by atoms with van der Waals surface area (Å²) >= 11 is 0. The summed E-state index contributed by atoms with van der Waals surface area (Å²) in [5, 5.41) is 13.6. The lowest BCUT2D eigenvalue weighted by molar-refractivity contribution is -0.387. The van der Waals surface area contributed by atoms with Gasteiger partial charge in [0, 0.05) is 18.7 Å². The fourth-order valence-electron chi connectivity index (χ4n) is 1.97. The van der Waals surface area contributed by atoms with E-state index in [1.54, 1.807) is 6.07 Å². The van der Waals surface area contributed by atoms with Crippen LogP contribution in [0, 0.1) is 22.9 Å². The highest BCUT2D eigenvalue weighted by molar-refractivity contribution is 5.43. The molecule has 0 heterocycles. The third-order valence-corrected chi connectivity index (χ3v) is 2.96. The number of nitro benzene ring substituents is 1. The number of ether oxygens (including phenoxy) is 1. The number of halogens is 1. The Hall–Kier alpha value is -2.47. The topological polar surface area (TPSA) is 64.4 Å². The average molecular weight is 290 g/mol. The van der Waals surface area contributed by atoms with Crippen LogP contribution >= 0.6 is 0 Å². The molecule has 0 saturated heterocycles. The lowest BCUT2D eigenvalue weighted by Gasteiger charge is -2.10. The average Bonchev–Trinajstić information content (AvgIpc) is 2.42. The molecule has 0 fully saturated rings. The molecule has 110 valence electrons. The van der Waals surface area contributed by atoms with Crippen LogP contribution in [0.4, 0.5) is 10.1 Å². The zero-order valence-electron chi connectivity index (χ0n) is 11.7. The molecule has 0 radical (unpaired) electrons. The highest BCUT2D eigenvalue weighted by Gasteiger charge is 2.14. The molecule has 0 aromatic heterocycles. The molecular weight excluding hydrogens is 275 g/mol. The van der Waals surface area contributed by atoms with E-state index in [1.807, 2.05) is 26.1 Å². The van der Waals surface area contributed by atoms with Crippen LogP contribution in [0.2, 0.25) is 0 Å². The van der Waals surface area contributed by atoms with Gasteiger partial charge >= 0.3 is 5.69 Å². The highest BCUT2D eigenvalue weighted by Crippen LogP contribution is 2.29. The van der Waals surface area contributed by atoms with Gasteiger partial charge < -0.3 is 10.1 Å². The minimum absolute atomic E-state index is 0.225. The van der Waals surface area contributed by atoms with Gasteiger partial charge in [0.1, 0.15) is 11.5 Å². The molecular formula is C15H15FN2O3. The number of nitrogens with one attached hydrogen (secondary N) is 1. The van der Waals surface area contributed by atoms with Crippen molar-refractivity contribution in [3.63, 3.8) is 0 Å². The smallest absolute Gasteiger partial charge is 0.305 e. The first-order valence-corrected chi connectivity index (χ1v) is 6.37. The second-order valence-corrected chi connectivity index (χ2v) is 4.60. The summed E-state index contributed by atoms with van der Waals surface area (Å²) in [6, 6.07) is 9.14. The molecule has 2 aromatic carbocycles. The van der Waals surface area contributed by atoms with Gasteiger partial charge in [-0.05, 0) is 37.2 Å². The first-order chi connectivity index (χ1) is 10.0. The summed E-state index contributed by atoms with van der Waals surface area (Å²) in [7, 11) is 1.86. The Morgan fingerprint density at radius 1 is 1.29 bits per heavy atom. The number of benzene rings is 2. The van der Waals surface area contributed by atoms with E-state index in [9.17, 15) is 14.5 Å². The maximum atomic E-state index is 13.5. The molecule has 0 aliphatic rings. The SMILES string of the molecule is CNCc1ccc(Oc2ccc([N+](=O)[O-])c(F)c2)c(C)c1. The predicted molar refractivity (Wildman–Crippen MR) is 77.1 cm³/mol.